The van der Waals surface area contributed by atoms with Crippen LogP contribution in [0.5, 0.6) is 0 Å². The van der Waals surface area contributed by atoms with E-state index < -0.39 is 0 Å². The Morgan fingerprint density at radius 3 is 2.65 bits per heavy atom. The number of nitrogens with one attached hydrogen (secondary N) is 1. The lowest BCUT2D eigenvalue weighted by molar-refractivity contribution is 0.223. The molecule has 0 aliphatic rings. The molecule has 0 aromatic carbocycles. The van der Waals surface area contributed by atoms with Crippen molar-refractivity contribution in [3.63, 3.8) is 0 Å². The lowest BCUT2D eigenvalue weighted by Crippen LogP contribution is -2.39. The quantitative estimate of drug-likeness (QED) is 0.704. The molecule has 1 unspecified atom stereocenters. The van der Waals surface area contributed by atoms with Crippen LogP contribution in [-0.2, 0) is 6.42 Å². The molecule has 0 saturated heterocycles. The third-order valence-corrected chi connectivity index (χ3v) is 4.46. The zero-order valence-electron chi connectivity index (χ0n) is 13.4. The van der Waals surface area contributed by atoms with E-state index in [-0.39, 0.29) is 0 Å². The molecule has 1 aromatic heterocycles. The van der Waals surface area contributed by atoms with E-state index in [1.54, 1.807) is 6.20 Å². The van der Waals surface area contributed by atoms with Gasteiger partial charge in [0.2, 0.25) is 0 Å². The summed E-state index contributed by atoms with van der Waals surface area (Å²) in [6.07, 6.45) is 9.57. The fourth-order valence-electron chi connectivity index (χ4n) is 2.59. The molecule has 0 aliphatic heterocycles. The predicted octanol–water partition coefficient (Wildman–Crippen LogP) is 4.86. The first kappa shape index (κ1) is 17.5. The molecule has 0 saturated carbocycles. The molecule has 0 spiro atoms. The molecule has 1 aromatic rings. The molecule has 0 fully saturated rings. The molecule has 1 rings (SSSR count). The van der Waals surface area contributed by atoms with E-state index in [0.29, 0.717) is 11.5 Å². The summed E-state index contributed by atoms with van der Waals surface area (Å²) in [5, 5.41) is 4.42. The van der Waals surface area contributed by atoms with Gasteiger partial charge < -0.3 is 5.32 Å². The van der Waals surface area contributed by atoms with Crippen LogP contribution in [0.4, 0.5) is 0 Å². The van der Waals surface area contributed by atoms with Crippen molar-refractivity contribution in [3.05, 3.63) is 29.0 Å². The highest BCUT2D eigenvalue weighted by Crippen LogP contribution is 2.34. The average Bonchev–Trinajstić information content (AvgIpc) is 2.44. The van der Waals surface area contributed by atoms with Gasteiger partial charge in [0.25, 0.3) is 0 Å². The fraction of sp³-hybridized carbons (Fsp3) is 0.706. The number of hydrogen-bond acceptors (Lipinski definition) is 2. The summed E-state index contributed by atoms with van der Waals surface area (Å²) in [5.41, 5.74) is 1.52. The second kappa shape index (κ2) is 8.63. The molecule has 1 heterocycles. The zero-order valence-corrected chi connectivity index (χ0v) is 14.1. The summed E-state index contributed by atoms with van der Waals surface area (Å²) >= 11 is 6.30. The molecule has 114 valence electrons. The van der Waals surface area contributed by atoms with Gasteiger partial charge >= 0.3 is 0 Å². The maximum Gasteiger partial charge on any atom is 0.0621 e. The minimum absolute atomic E-state index is 0.297. The van der Waals surface area contributed by atoms with E-state index in [0.717, 1.165) is 18.0 Å². The number of aromatic nitrogens is 1. The van der Waals surface area contributed by atoms with Crippen LogP contribution in [0.2, 0.25) is 5.02 Å². The summed E-state index contributed by atoms with van der Waals surface area (Å²) in [4.78, 5) is 4.09. The lowest BCUT2D eigenvalue weighted by Gasteiger charge is -2.34. The van der Waals surface area contributed by atoms with Gasteiger partial charge in [0.05, 0.1) is 5.02 Å². The van der Waals surface area contributed by atoms with Crippen LogP contribution in [0.3, 0.4) is 0 Å². The summed E-state index contributed by atoms with van der Waals surface area (Å²) in [7, 11) is 0. The first-order chi connectivity index (χ1) is 9.53. The minimum Gasteiger partial charge on any atom is -0.314 e. The summed E-state index contributed by atoms with van der Waals surface area (Å²) in [5.74, 6) is 0. The van der Waals surface area contributed by atoms with Gasteiger partial charge in [-0.05, 0) is 36.3 Å². The van der Waals surface area contributed by atoms with Crippen LogP contribution in [0.1, 0.15) is 58.9 Å². The predicted molar refractivity (Wildman–Crippen MR) is 88.3 cm³/mol. The van der Waals surface area contributed by atoms with Gasteiger partial charge in [0.1, 0.15) is 0 Å². The second-order valence-electron chi connectivity index (χ2n) is 6.14. The van der Waals surface area contributed by atoms with Gasteiger partial charge in [-0.15, -0.1) is 0 Å². The van der Waals surface area contributed by atoms with E-state index in [4.69, 9.17) is 11.6 Å². The van der Waals surface area contributed by atoms with E-state index in [2.05, 4.69) is 44.1 Å². The summed E-state index contributed by atoms with van der Waals surface area (Å²) in [6.45, 7) is 10.0. The van der Waals surface area contributed by atoms with Crippen molar-refractivity contribution in [1.29, 1.82) is 0 Å². The van der Waals surface area contributed by atoms with E-state index >= 15 is 0 Å². The van der Waals surface area contributed by atoms with Crippen LogP contribution in [0, 0.1) is 5.41 Å². The Balaban J connectivity index is 2.87. The number of nitrogens with zero attached hydrogens (tertiary/aromatic N) is 1. The molecule has 2 nitrogen and oxygen atoms in total. The van der Waals surface area contributed by atoms with Crippen molar-refractivity contribution >= 4 is 11.6 Å². The van der Waals surface area contributed by atoms with E-state index in [9.17, 15) is 0 Å². The zero-order chi connectivity index (χ0) is 15.0. The molecule has 0 amide bonds. The van der Waals surface area contributed by atoms with Crippen molar-refractivity contribution in [3.8, 4) is 0 Å². The molecule has 0 aliphatic carbocycles. The molecule has 3 heteroatoms. The molecule has 20 heavy (non-hydrogen) atoms. The minimum atomic E-state index is 0.297. The summed E-state index contributed by atoms with van der Waals surface area (Å²) in [6, 6.07) is 2.59. The smallest absolute Gasteiger partial charge is 0.0621 e. The Morgan fingerprint density at radius 2 is 2.10 bits per heavy atom. The van der Waals surface area contributed by atoms with Gasteiger partial charge in [0.15, 0.2) is 0 Å². The van der Waals surface area contributed by atoms with Crippen molar-refractivity contribution in [1.82, 2.24) is 10.3 Å². The molecule has 1 N–H and O–H groups in total. The maximum atomic E-state index is 6.30. The molecular weight excluding hydrogens is 268 g/mol. The standard InChI is InChI=1S/C17H29ClN2/c1-5-7-9-17(6-2,13-20-14(3)4)11-15-8-10-19-12-16(15)18/h8,10,12,14,20H,5-7,9,11,13H2,1-4H3. The highest BCUT2D eigenvalue weighted by Gasteiger charge is 2.28. The van der Waals surface area contributed by atoms with Crippen LogP contribution < -0.4 is 5.32 Å². The van der Waals surface area contributed by atoms with Crippen molar-refractivity contribution < 1.29 is 0 Å². The largest absolute Gasteiger partial charge is 0.314 e. The van der Waals surface area contributed by atoms with Crippen molar-refractivity contribution in [2.24, 2.45) is 5.41 Å². The number of rotatable bonds is 9. The molecular formula is C17H29ClN2. The number of pyridine rings is 1. The van der Waals surface area contributed by atoms with Crippen LogP contribution in [0.15, 0.2) is 18.5 Å². The fourth-order valence-corrected chi connectivity index (χ4v) is 2.78. The van der Waals surface area contributed by atoms with Gasteiger partial charge in [-0.2, -0.15) is 0 Å². The second-order valence-corrected chi connectivity index (χ2v) is 6.54. The monoisotopic (exact) mass is 296 g/mol. The van der Waals surface area contributed by atoms with Gasteiger partial charge in [-0.1, -0.05) is 52.1 Å². The number of halogens is 1. The van der Waals surface area contributed by atoms with Gasteiger partial charge in [-0.25, -0.2) is 0 Å². The van der Waals surface area contributed by atoms with Gasteiger partial charge in [-0.3, -0.25) is 4.98 Å². The Morgan fingerprint density at radius 1 is 1.35 bits per heavy atom. The molecule has 0 radical (unpaired) electrons. The molecule has 1 atom stereocenters. The summed E-state index contributed by atoms with van der Waals surface area (Å²) < 4.78 is 0. The number of unbranched alkanes of at least 4 members (excludes halogenated alkanes) is 1. The topological polar surface area (TPSA) is 24.9 Å². The van der Waals surface area contributed by atoms with E-state index in [1.165, 1.54) is 31.2 Å². The first-order valence-corrected chi connectivity index (χ1v) is 8.22. The normalized spacial score (nSPS) is 14.5. The van der Waals surface area contributed by atoms with Crippen LogP contribution >= 0.6 is 11.6 Å². The SMILES string of the molecule is CCCCC(CC)(CNC(C)C)Cc1ccncc1Cl. The molecule has 0 bridgehead atoms. The van der Waals surface area contributed by atoms with Gasteiger partial charge in [0, 0.05) is 25.0 Å². The third kappa shape index (κ3) is 5.41. The lowest BCUT2D eigenvalue weighted by atomic mass is 9.75. The number of hydrogen-bond donors (Lipinski definition) is 1. The van der Waals surface area contributed by atoms with E-state index in [1.807, 2.05) is 6.20 Å². The van der Waals surface area contributed by atoms with Crippen LogP contribution in [0.25, 0.3) is 0 Å². The Kier molecular flexibility index (Phi) is 7.53. The maximum absolute atomic E-state index is 6.30. The average molecular weight is 297 g/mol. The van der Waals surface area contributed by atoms with Crippen molar-refractivity contribution in [2.45, 2.75) is 65.8 Å². The Bertz CT molecular complexity index is 392. The third-order valence-electron chi connectivity index (χ3n) is 4.12. The van der Waals surface area contributed by atoms with Crippen molar-refractivity contribution in [2.75, 3.05) is 6.54 Å². The highest BCUT2D eigenvalue weighted by molar-refractivity contribution is 6.31. The van der Waals surface area contributed by atoms with Crippen LogP contribution in [-0.4, -0.2) is 17.6 Å². The Hall–Kier alpha value is -0.600. The highest BCUT2D eigenvalue weighted by atomic mass is 35.5. The first-order valence-electron chi connectivity index (χ1n) is 7.84. The Labute approximate surface area is 129 Å².